The van der Waals surface area contributed by atoms with Gasteiger partial charge < -0.3 is 11.1 Å². The van der Waals surface area contributed by atoms with E-state index in [0.29, 0.717) is 5.56 Å². The van der Waals surface area contributed by atoms with E-state index in [4.69, 9.17) is 17.3 Å². The van der Waals surface area contributed by atoms with Crippen molar-refractivity contribution in [2.45, 2.75) is 12.7 Å². The van der Waals surface area contributed by atoms with E-state index in [2.05, 4.69) is 5.32 Å². The molecule has 3 N–H and O–H groups in total. The van der Waals surface area contributed by atoms with Gasteiger partial charge in [-0.3, -0.25) is 4.79 Å². The average molecular weight is 329 g/mol. The number of benzene rings is 2. The minimum atomic E-state index is -4.59. The van der Waals surface area contributed by atoms with Crippen LogP contribution < -0.4 is 11.1 Å². The quantitative estimate of drug-likeness (QED) is 0.892. The summed E-state index contributed by atoms with van der Waals surface area (Å²) in [6, 6.07) is 9.73. The molecule has 0 aliphatic rings. The number of anilines is 1. The first-order valence-electron chi connectivity index (χ1n) is 6.28. The third-order valence-electron chi connectivity index (χ3n) is 2.95. The molecule has 0 saturated heterocycles. The molecule has 0 heterocycles. The molecule has 0 bridgehead atoms. The van der Waals surface area contributed by atoms with Gasteiger partial charge in [0, 0.05) is 17.8 Å². The summed E-state index contributed by atoms with van der Waals surface area (Å²) >= 11 is 5.53. The maximum Gasteiger partial charge on any atom is 0.417 e. The fraction of sp³-hybridized carbons (Fsp3) is 0.133. The zero-order valence-electron chi connectivity index (χ0n) is 11.2. The molecule has 3 nitrogen and oxygen atoms in total. The Morgan fingerprint density at radius 1 is 1.18 bits per heavy atom. The second-order valence-electron chi connectivity index (χ2n) is 4.55. The summed E-state index contributed by atoms with van der Waals surface area (Å²) in [4.78, 5) is 12.1. The summed E-state index contributed by atoms with van der Waals surface area (Å²) in [7, 11) is 0. The lowest BCUT2D eigenvalue weighted by atomic mass is 10.1. The summed E-state index contributed by atoms with van der Waals surface area (Å²) < 4.78 is 38.3. The molecular weight excluding hydrogens is 317 g/mol. The van der Waals surface area contributed by atoms with Gasteiger partial charge in [-0.15, -0.1) is 0 Å². The summed E-state index contributed by atoms with van der Waals surface area (Å²) in [5.74, 6) is -0.522. The molecule has 0 aromatic heterocycles. The highest BCUT2D eigenvalue weighted by atomic mass is 35.5. The highest BCUT2D eigenvalue weighted by Crippen LogP contribution is 2.36. The number of nitrogens with one attached hydrogen (secondary N) is 1. The fourth-order valence-electron chi connectivity index (χ4n) is 1.86. The van der Waals surface area contributed by atoms with Crippen molar-refractivity contribution >= 4 is 23.2 Å². The maximum atomic E-state index is 12.8. The Kier molecular flexibility index (Phi) is 4.73. The number of hydrogen-bond acceptors (Lipinski definition) is 2. The van der Waals surface area contributed by atoms with E-state index in [1.54, 1.807) is 24.3 Å². The molecule has 0 radical (unpaired) electrons. The Morgan fingerprint density at radius 2 is 1.91 bits per heavy atom. The third kappa shape index (κ3) is 3.78. The van der Waals surface area contributed by atoms with Crippen LogP contribution in [0.25, 0.3) is 0 Å². The molecule has 0 saturated carbocycles. The molecule has 0 aliphatic heterocycles. The molecule has 0 unspecified atom stereocenters. The van der Waals surface area contributed by atoms with E-state index in [9.17, 15) is 18.0 Å². The molecule has 2 aromatic rings. The molecule has 0 fully saturated rings. The van der Waals surface area contributed by atoms with Gasteiger partial charge in [0.2, 0.25) is 0 Å². The van der Waals surface area contributed by atoms with Gasteiger partial charge in [-0.2, -0.15) is 13.2 Å². The number of halogens is 4. The Balaban J connectivity index is 2.25. The van der Waals surface area contributed by atoms with Gasteiger partial charge in [0.15, 0.2) is 0 Å². The van der Waals surface area contributed by atoms with Crippen LogP contribution in [0.2, 0.25) is 5.02 Å². The first kappa shape index (κ1) is 16.3. The van der Waals surface area contributed by atoms with Gasteiger partial charge in [-0.05, 0) is 35.9 Å². The molecule has 0 aliphatic carbocycles. The number of nitrogens with two attached hydrogens (primary N) is 1. The van der Waals surface area contributed by atoms with Gasteiger partial charge in [0.1, 0.15) is 0 Å². The second-order valence-corrected chi connectivity index (χ2v) is 4.96. The van der Waals surface area contributed by atoms with Crippen LogP contribution in [0.5, 0.6) is 0 Å². The van der Waals surface area contributed by atoms with E-state index in [1.165, 1.54) is 6.07 Å². The van der Waals surface area contributed by atoms with E-state index < -0.39 is 22.7 Å². The first-order valence-corrected chi connectivity index (χ1v) is 6.66. The molecule has 2 rings (SSSR count). The highest BCUT2D eigenvalue weighted by Gasteiger charge is 2.33. The first-order chi connectivity index (χ1) is 10.3. The SMILES string of the molecule is NCc1cccc(C(=O)Nc2ccc(Cl)c(C(F)(F)F)c2)c1. The van der Waals surface area contributed by atoms with E-state index >= 15 is 0 Å². The highest BCUT2D eigenvalue weighted by molar-refractivity contribution is 6.31. The van der Waals surface area contributed by atoms with Gasteiger partial charge in [0.25, 0.3) is 5.91 Å². The summed E-state index contributed by atoms with van der Waals surface area (Å²) in [5, 5.41) is 1.99. The van der Waals surface area contributed by atoms with Crippen LogP contribution in [0.15, 0.2) is 42.5 Å². The Bertz CT molecular complexity index is 701. The van der Waals surface area contributed by atoms with Crippen molar-refractivity contribution in [3.8, 4) is 0 Å². The van der Waals surface area contributed by atoms with Crippen LogP contribution in [-0.2, 0) is 12.7 Å². The molecule has 0 atom stereocenters. The number of hydrogen-bond donors (Lipinski definition) is 2. The number of alkyl halides is 3. The average Bonchev–Trinajstić information content (AvgIpc) is 2.48. The number of amides is 1. The predicted molar refractivity (Wildman–Crippen MR) is 78.7 cm³/mol. The van der Waals surface area contributed by atoms with Crippen LogP contribution in [0, 0.1) is 0 Å². The third-order valence-corrected chi connectivity index (χ3v) is 3.28. The van der Waals surface area contributed by atoms with Crippen LogP contribution in [-0.4, -0.2) is 5.91 Å². The fourth-order valence-corrected chi connectivity index (χ4v) is 2.09. The van der Waals surface area contributed by atoms with E-state index in [1.807, 2.05) is 0 Å². The zero-order valence-corrected chi connectivity index (χ0v) is 12.0. The second kappa shape index (κ2) is 6.37. The smallest absolute Gasteiger partial charge is 0.326 e. The van der Waals surface area contributed by atoms with Gasteiger partial charge in [-0.1, -0.05) is 23.7 Å². The van der Waals surface area contributed by atoms with Crippen molar-refractivity contribution in [2.24, 2.45) is 5.73 Å². The summed E-state index contributed by atoms with van der Waals surface area (Å²) in [6.45, 7) is 0.264. The van der Waals surface area contributed by atoms with Crippen LogP contribution in [0.3, 0.4) is 0 Å². The topological polar surface area (TPSA) is 55.1 Å². The lowest BCUT2D eigenvalue weighted by molar-refractivity contribution is -0.137. The molecule has 116 valence electrons. The minimum absolute atomic E-state index is 0.0138. The van der Waals surface area contributed by atoms with Crippen LogP contribution in [0.1, 0.15) is 21.5 Å². The van der Waals surface area contributed by atoms with Gasteiger partial charge in [0.05, 0.1) is 10.6 Å². The molecular formula is C15H12ClF3N2O. The van der Waals surface area contributed by atoms with Crippen molar-refractivity contribution < 1.29 is 18.0 Å². The molecule has 7 heteroatoms. The molecule has 0 spiro atoms. The van der Waals surface area contributed by atoms with E-state index in [0.717, 1.165) is 17.7 Å². The lowest BCUT2D eigenvalue weighted by Crippen LogP contribution is -2.14. The van der Waals surface area contributed by atoms with Gasteiger partial charge in [-0.25, -0.2) is 0 Å². The lowest BCUT2D eigenvalue weighted by Gasteiger charge is -2.12. The van der Waals surface area contributed by atoms with Crippen molar-refractivity contribution in [1.29, 1.82) is 0 Å². The Morgan fingerprint density at radius 3 is 2.55 bits per heavy atom. The monoisotopic (exact) mass is 328 g/mol. The van der Waals surface area contributed by atoms with Crippen molar-refractivity contribution in [1.82, 2.24) is 0 Å². The normalized spacial score (nSPS) is 11.3. The molecule has 2 aromatic carbocycles. The van der Waals surface area contributed by atoms with Crippen LogP contribution in [0.4, 0.5) is 18.9 Å². The molecule has 22 heavy (non-hydrogen) atoms. The minimum Gasteiger partial charge on any atom is -0.326 e. The largest absolute Gasteiger partial charge is 0.417 e. The van der Waals surface area contributed by atoms with Crippen molar-refractivity contribution in [3.05, 3.63) is 64.2 Å². The Labute approximate surface area is 129 Å². The standard InChI is InChI=1S/C15H12ClF3N2O/c16-13-5-4-11(7-12(13)15(17,18)19)21-14(22)10-3-1-2-9(6-10)8-20/h1-7H,8,20H2,(H,21,22). The van der Waals surface area contributed by atoms with Crippen molar-refractivity contribution in [3.63, 3.8) is 0 Å². The molecule has 1 amide bonds. The zero-order chi connectivity index (χ0) is 16.3. The van der Waals surface area contributed by atoms with Gasteiger partial charge >= 0.3 is 6.18 Å². The number of rotatable bonds is 3. The van der Waals surface area contributed by atoms with Crippen LogP contribution >= 0.6 is 11.6 Å². The maximum absolute atomic E-state index is 12.8. The number of carbonyl (C=O) groups is 1. The Hall–Kier alpha value is -2.05. The predicted octanol–water partition coefficient (Wildman–Crippen LogP) is 4.07. The number of carbonyl (C=O) groups excluding carboxylic acids is 1. The summed E-state index contributed by atoms with van der Waals surface area (Å²) in [6.07, 6.45) is -4.59. The summed E-state index contributed by atoms with van der Waals surface area (Å²) in [5.41, 5.74) is 5.56. The van der Waals surface area contributed by atoms with Crippen molar-refractivity contribution in [2.75, 3.05) is 5.32 Å². The van der Waals surface area contributed by atoms with E-state index in [-0.39, 0.29) is 12.2 Å².